The minimum absolute atomic E-state index is 0.538. The average Bonchev–Trinajstić information content (AvgIpc) is 2.75. The number of unbranched alkanes of at least 4 members (excludes halogenated alkanes) is 1. The van der Waals surface area contributed by atoms with Crippen molar-refractivity contribution in [2.24, 2.45) is 0 Å². The van der Waals surface area contributed by atoms with Gasteiger partial charge in [-0.05, 0) is 18.6 Å². The van der Waals surface area contributed by atoms with Crippen LogP contribution in [0.3, 0.4) is 0 Å². The topological polar surface area (TPSA) is 61.6 Å². The molecule has 0 fully saturated rings. The van der Waals surface area contributed by atoms with Gasteiger partial charge in [0.2, 0.25) is 0 Å². The number of fused-ring (bicyclic) bond motifs is 1. The molecule has 0 saturated carbocycles. The van der Waals surface area contributed by atoms with E-state index in [1.807, 2.05) is 6.07 Å². The molecule has 0 saturated heterocycles. The number of rotatable bonds is 4. The second-order valence-corrected chi connectivity index (χ2v) is 4.18. The van der Waals surface area contributed by atoms with Gasteiger partial charge in [0.25, 0.3) is 0 Å². The maximum absolute atomic E-state index is 8.43. The Morgan fingerprint density at radius 2 is 2.31 bits per heavy atom. The Bertz CT molecular complexity index is 531. The molecule has 82 valence electrons. The van der Waals surface area contributed by atoms with Gasteiger partial charge in [-0.2, -0.15) is 14.0 Å². The highest BCUT2D eigenvalue weighted by Gasteiger charge is 2.08. The van der Waals surface area contributed by atoms with Crippen LogP contribution in [0, 0.1) is 11.3 Å². The largest absolute Gasteiger partial charge is 0.382 e. The quantitative estimate of drug-likeness (QED) is 0.850. The van der Waals surface area contributed by atoms with Crippen molar-refractivity contribution in [1.29, 1.82) is 5.26 Å². The zero-order valence-corrected chi connectivity index (χ0v) is 9.98. The third-order valence-corrected chi connectivity index (χ3v) is 3.00. The molecule has 0 aliphatic rings. The maximum Gasteiger partial charge on any atom is 0.129 e. The highest BCUT2D eigenvalue weighted by Crippen LogP contribution is 2.29. The van der Waals surface area contributed by atoms with Gasteiger partial charge >= 0.3 is 0 Å². The second kappa shape index (κ2) is 5.10. The summed E-state index contributed by atoms with van der Waals surface area (Å²) in [6, 6.07) is 5.75. The van der Waals surface area contributed by atoms with E-state index in [1.165, 1.54) is 11.7 Å². The summed E-state index contributed by atoms with van der Waals surface area (Å²) in [5, 5.41) is 12.3. The van der Waals surface area contributed by atoms with Gasteiger partial charge in [0.1, 0.15) is 11.0 Å². The molecule has 16 heavy (non-hydrogen) atoms. The molecular weight excluding hydrogens is 244 g/mol. The number of hydrogen-bond donors (Lipinski definition) is 1. The van der Waals surface area contributed by atoms with Gasteiger partial charge in [0.05, 0.1) is 28.5 Å². The van der Waals surface area contributed by atoms with Crippen molar-refractivity contribution in [3.05, 3.63) is 17.2 Å². The number of benzene rings is 1. The van der Waals surface area contributed by atoms with Gasteiger partial charge in [-0.3, -0.25) is 0 Å². The van der Waals surface area contributed by atoms with Gasteiger partial charge in [-0.25, -0.2) is 0 Å². The predicted octanol–water partition coefficient (Wildman–Crippen LogP) is 3.06. The van der Waals surface area contributed by atoms with E-state index in [4.69, 9.17) is 16.9 Å². The number of aromatic nitrogens is 2. The van der Waals surface area contributed by atoms with Crippen LogP contribution in [0.2, 0.25) is 5.02 Å². The van der Waals surface area contributed by atoms with Gasteiger partial charge in [0, 0.05) is 13.0 Å². The van der Waals surface area contributed by atoms with Crippen molar-refractivity contribution < 1.29 is 0 Å². The summed E-state index contributed by atoms with van der Waals surface area (Å²) < 4.78 is 8.34. The fourth-order valence-corrected chi connectivity index (χ4v) is 2.14. The molecule has 0 amide bonds. The molecular formula is C10H9ClN4S. The molecule has 1 aromatic carbocycles. The van der Waals surface area contributed by atoms with Gasteiger partial charge < -0.3 is 5.32 Å². The van der Waals surface area contributed by atoms with Gasteiger partial charge in [-0.15, -0.1) is 0 Å². The minimum Gasteiger partial charge on any atom is -0.382 e. The van der Waals surface area contributed by atoms with E-state index in [2.05, 4.69) is 20.1 Å². The Hall–Kier alpha value is -1.38. The normalized spacial score (nSPS) is 10.2. The summed E-state index contributed by atoms with van der Waals surface area (Å²) in [5.74, 6) is 0. The smallest absolute Gasteiger partial charge is 0.129 e. The Balaban J connectivity index is 2.18. The minimum atomic E-state index is 0.538. The summed E-state index contributed by atoms with van der Waals surface area (Å²) in [6.07, 6.45) is 1.33. The number of halogens is 1. The molecule has 0 aliphatic heterocycles. The van der Waals surface area contributed by atoms with E-state index in [9.17, 15) is 0 Å². The Labute approximate surface area is 102 Å². The molecule has 0 atom stereocenters. The van der Waals surface area contributed by atoms with Crippen molar-refractivity contribution in [1.82, 2.24) is 8.75 Å². The van der Waals surface area contributed by atoms with Crippen LogP contribution in [0.4, 0.5) is 5.69 Å². The van der Waals surface area contributed by atoms with E-state index < -0.39 is 0 Å². The lowest BCUT2D eigenvalue weighted by Crippen LogP contribution is -2.02. The number of nitrogens with one attached hydrogen (secondary N) is 1. The molecule has 4 nitrogen and oxygen atoms in total. The third-order valence-electron chi connectivity index (χ3n) is 2.14. The summed E-state index contributed by atoms with van der Waals surface area (Å²) in [6.45, 7) is 0.712. The second-order valence-electron chi connectivity index (χ2n) is 3.24. The van der Waals surface area contributed by atoms with Crippen LogP contribution in [0.5, 0.6) is 0 Å². The molecule has 6 heteroatoms. The fraction of sp³-hybridized carbons (Fsp3) is 0.300. The van der Waals surface area contributed by atoms with Crippen molar-refractivity contribution in [3.63, 3.8) is 0 Å². The molecule has 0 spiro atoms. The van der Waals surface area contributed by atoms with Crippen molar-refractivity contribution in [2.45, 2.75) is 12.8 Å². The van der Waals surface area contributed by atoms with E-state index >= 15 is 0 Å². The number of anilines is 1. The molecule has 0 unspecified atom stereocenters. The lowest BCUT2D eigenvalue weighted by Gasteiger charge is -2.07. The lowest BCUT2D eigenvalue weighted by atomic mass is 10.2. The summed E-state index contributed by atoms with van der Waals surface area (Å²) in [7, 11) is 0. The van der Waals surface area contributed by atoms with Crippen LogP contribution in [0.1, 0.15) is 12.8 Å². The standard InChI is InChI=1S/C10H9ClN4S/c11-7-3-4-8-10(15-16-14-8)9(7)13-6-2-1-5-12/h3-4,13H,1-2,6H2. The Kier molecular flexibility index (Phi) is 3.54. The number of hydrogen-bond acceptors (Lipinski definition) is 5. The Morgan fingerprint density at radius 3 is 3.12 bits per heavy atom. The van der Waals surface area contributed by atoms with Crippen LogP contribution in [0.15, 0.2) is 12.1 Å². The van der Waals surface area contributed by atoms with E-state index in [-0.39, 0.29) is 0 Å². The third kappa shape index (κ3) is 2.23. The predicted molar refractivity (Wildman–Crippen MR) is 65.8 cm³/mol. The van der Waals surface area contributed by atoms with Crippen LogP contribution in [-0.4, -0.2) is 15.3 Å². The molecule has 2 rings (SSSR count). The molecule has 2 aromatic rings. The van der Waals surface area contributed by atoms with Crippen LogP contribution >= 0.6 is 23.3 Å². The molecule has 1 heterocycles. The first-order valence-corrected chi connectivity index (χ1v) is 5.95. The SMILES string of the molecule is N#CCCCNc1c(Cl)ccc2nsnc12. The van der Waals surface area contributed by atoms with Gasteiger partial charge in [-0.1, -0.05) is 11.6 Å². The summed E-state index contributed by atoms with van der Waals surface area (Å²) in [4.78, 5) is 0. The molecule has 0 bridgehead atoms. The average molecular weight is 253 g/mol. The van der Waals surface area contributed by atoms with E-state index in [0.717, 1.165) is 23.1 Å². The lowest BCUT2D eigenvalue weighted by molar-refractivity contribution is 0.898. The first kappa shape index (κ1) is 11.1. The molecule has 0 aliphatic carbocycles. The van der Waals surface area contributed by atoms with Crippen LogP contribution in [-0.2, 0) is 0 Å². The fourth-order valence-electron chi connectivity index (χ4n) is 1.38. The Morgan fingerprint density at radius 1 is 1.44 bits per heavy atom. The highest BCUT2D eigenvalue weighted by molar-refractivity contribution is 7.00. The van der Waals surface area contributed by atoms with Crippen molar-refractivity contribution >= 4 is 40.0 Å². The first-order valence-electron chi connectivity index (χ1n) is 4.84. The monoisotopic (exact) mass is 252 g/mol. The van der Waals surface area contributed by atoms with E-state index in [0.29, 0.717) is 18.0 Å². The van der Waals surface area contributed by atoms with Gasteiger partial charge in [0.15, 0.2) is 0 Å². The number of nitriles is 1. The molecule has 0 radical (unpaired) electrons. The van der Waals surface area contributed by atoms with Crippen LogP contribution < -0.4 is 5.32 Å². The number of nitrogens with zero attached hydrogens (tertiary/aromatic N) is 3. The van der Waals surface area contributed by atoms with Crippen LogP contribution in [0.25, 0.3) is 11.0 Å². The zero-order valence-electron chi connectivity index (χ0n) is 8.40. The maximum atomic E-state index is 8.43. The van der Waals surface area contributed by atoms with Crippen molar-refractivity contribution in [3.8, 4) is 6.07 Å². The summed E-state index contributed by atoms with van der Waals surface area (Å²) in [5.41, 5.74) is 2.46. The highest BCUT2D eigenvalue weighted by atomic mass is 35.5. The van der Waals surface area contributed by atoms with E-state index in [1.54, 1.807) is 6.07 Å². The molecule has 1 N–H and O–H groups in total. The molecule has 1 aromatic heterocycles. The first-order chi connectivity index (χ1) is 7.83. The zero-order chi connectivity index (χ0) is 11.4. The summed E-state index contributed by atoms with van der Waals surface area (Å²) >= 11 is 7.25. The van der Waals surface area contributed by atoms with Crippen molar-refractivity contribution in [2.75, 3.05) is 11.9 Å².